The van der Waals surface area contributed by atoms with Crippen LogP contribution in [0.25, 0.3) is 10.9 Å². The number of aromatic amines is 1. The van der Waals surface area contributed by atoms with Crippen LogP contribution >= 0.6 is 0 Å². The highest BCUT2D eigenvalue weighted by Crippen LogP contribution is 2.12. The number of phenols is 1. The third kappa shape index (κ3) is 5.19. The van der Waals surface area contributed by atoms with Gasteiger partial charge < -0.3 is 20.1 Å². The van der Waals surface area contributed by atoms with Crippen molar-refractivity contribution in [2.24, 2.45) is 0 Å². The van der Waals surface area contributed by atoms with E-state index >= 15 is 0 Å². The second-order valence-corrected chi connectivity index (χ2v) is 6.54. The van der Waals surface area contributed by atoms with Crippen LogP contribution in [0.4, 0.5) is 0 Å². The summed E-state index contributed by atoms with van der Waals surface area (Å²) in [7, 11) is 1.25. The number of methoxy groups -OCH3 is 1. The Morgan fingerprint density at radius 2 is 1.90 bits per heavy atom. The van der Waals surface area contributed by atoms with E-state index in [0.717, 1.165) is 5.56 Å². The first kappa shape index (κ1) is 20.1. The highest BCUT2D eigenvalue weighted by atomic mass is 16.5. The summed E-state index contributed by atoms with van der Waals surface area (Å²) < 4.78 is 4.77. The number of carbonyl (C=O) groups is 2. The van der Waals surface area contributed by atoms with Crippen molar-refractivity contribution in [3.8, 4) is 5.75 Å². The van der Waals surface area contributed by atoms with E-state index in [9.17, 15) is 19.5 Å². The molecular formula is C21H21N3O5. The molecule has 0 saturated heterocycles. The second-order valence-electron chi connectivity index (χ2n) is 6.54. The fourth-order valence-corrected chi connectivity index (χ4v) is 2.95. The van der Waals surface area contributed by atoms with Gasteiger partial charge in [0.05, 0.1) is 18.0 Å². The van der Waals surface area contributed by atoms with Crippen molar-refractivity contribution in [1.29, 1.82) is 0 Å². The predicted octanol–water partition coefficient (Wildman–Crippen LogP) is 1.46. The van der Waals surface area contributed by atoms with Gasteiger partial charge in [0, 0.05) is 19.3 Å². The number of benzene rings is 2. The molecular weight excluding hydrogens is 374 g/mol. The average Bonchev–Trinajstić information content (AvgIpc) is 2.73. The molecule has 0 unspecified atom stereocenters. The van der Waals surface area contributed by atoms with Crippen molar-refractivity contribution in [3.05, 3.63) is 70.3 Å². The number of hydrogen-bond donors (Lipinski definition) is 3. The maximum absolute atomic E-state index is 12.4. The van der Waals surface area contributed by atoms with Crippen LogP contribution in [-0.4, -0.2) is 40.1 Å². The molecule has 8 heteroatoms. The molecule has 29 heavy (non-hydrogen) atoms. The summed E-state index contributed by atoms with van der Waals surface area (Å²) in [5.74, 6) is -0.417. The quantitative estimate of drug-likeness (QED) is 0.521. The Bertz CT molecular complexity index is 1080. The van der Waals surface area contributed by atoms with Gasteiger partial charge >= 0.3 is 5.97 Å². The molecule has 1 atom stereocenters. The number of fused-ring (bicyclic) bond motifs is 1. The molecule has 0 aliphatic carbocycles. The lowest BCUT2D eigenvalue weighted by molar-refractivity contribution is -0.145. The zero-order chi connectivity index (χ0) is 20.8. The van der Waals surface area contributed by atoms with E-state index in [-0.39, 0.29) is 36.5 Å². The van der Waals surface area contributed by atoms with Crippen LogP contribution in [0.1, 0.15) is 17.8 Å². The molecule has 150 valence electrons. The molecule has 0 fully saturated rings. The van der Waals surface area contributed by atoms with E-state index < -0.39 is 12.0 Å². The van der Waals surface area contributed by atoms with Crippen molar-refractivity contribution in [2.75, 3.05) is 7.11 Å². The molecule has 1 aromatic heterocycles. The van der Waals surface area contributed by atoms with Gasteiger partial charge in [0.1, 0.15) is 17.6 Å². The number of esters is 1. The van der Waals surface area contributed by atoms with Crippen molar-refractivity contribution in [2.45, 2.75) is 25.3 Å². The summed E-state index contributed by atoms with van der Waals surface area (Å²) in [6, 6.07) is 12.5. The van der Waals surface area contributed by atoms with Crippen LogP contribution < -0.4 is 10.9 Å². The van der Waals surface area contributed by atoms with Crippen LogP contribution in [0.3, 0.4) is 0 Å². The Labute approximate surface area is 166 Å². The summed E-state index contributed by atoms with van der Waals surface area (Å²) in [6.07, 6.45) is 0.493. The van der Waals surface area contributed by atoms with Crippen LogP contribution in [-0.2, 0) is 27.2 Å². The van der Waals surface area contributed by atoms with Gasteiger partial charge in [-0.05, 0) is 29.8 Å². The van der Waals surface area contributed by atoms with Crippen molar-refractivity contribution in [1.82, 2.24) is 15.3 Å². The van der Waals surface area contributed by atoms with Crippen LogP contribution in [0.15, 0.2) is 53.3 Å². The average molecular weight is 395 g/mol. The van der Waals surface area contributed by atoms with Gasteiger partial charge in [0.15, 0.2) is 0 Å². The number of para-hydroxylation sites is 1. The Balaban J connectivity index is 1.64. The van der Waals surface area contributed by atoms with Crippen molar-refractivity contribution in [3.63, 3.8) is 0 Å². The third-order valence-corrected chi connectivity index (χ3v) is 4.45. The number of rotatable bonds is 7. The molecule has 1 heterocycles. The number of nitrogens with one attached hydrogen (secondary N) is 2. The van der Waals surface area contributed by atoms with Crippen LogP contribution in [0.5, 0.6) is 5.75 Å². The minimum absolute atomic E-state index is 0.0460. The molecule has 0 aliphatic rings. The monoisotopic (exact) mass is 395 g/mol. The number of aromatic nitrogens is 2. The Kier molecular flexibility index (Phi) is 6.23. The number of H-pyrrole nitrogens is 1. The number of amides is 1. The summed E-state index contributed by atoms with van der Waals surface area (Å²) in [4.78, 5) is 43.5. The first-order valence-electron chi connectivity index (χ1n) is 9.09. The van der Waals surface area contributed by atoms with Crippen LogP contribution in [0.2, 0.25) is 0 Å². The lowest BCUT2D eigenvalue weighted by Gasteiger charge is -2.16. The number of carbonyl (C=O) groups excluding carboxylic acids is 2. The first-order valence-corrected chi connectivity index (χ1v) is 9.09. The Morgan fingerprint density at radius 1 is 1.17 bits per heavy atom. The fourth-order valence-electron chi connectivity index (χ4n) is 2.95. The van der Waals surface area contributed by atoms with Gasteiger partial charge in [0.2, 0.25) is 5.91 Å². The molecule has 3 rings (SSSR count). The van der Waals surface area contributed by atoms with Gasteiger partial charge in [-0.3, -0.25) is 9.59 Å². The number of aryl methyl sites for hydroxylation is 1. The van der Waals surface area contributed by atoms with Gasteiger partial charge in [-0.25, -0.2) is 9.78 Å². The van der Waals surface area contributed by atoms with E-state index in [1.165, 1.54) is 19.2 Å². The molecule has 8 nitrogen and oxygen atoms in total. The highest BCUT2D eigenvalue weighted by molar-refractivity contribution is 5.84. The molecule has 0 spiro atoms. The predicted molar refractivity (Wildman–Crippen MR) is 106 cm³/mol. The molecule has 1 amide bonds. The highest BCUT2D eigenvalue weighted by Gasteiger charge is 2.22. The van der Waals surface area contributed by atoms with E-state index in [4.69, 9.17) is 4.74 Å². The van der Waals surface area contributed by atoms with Gasteiger partial charge in [0.25, 0.3) is 5.56 Å². The minimum atomic E-state index is -0.861. The second kappa shape index (κ2) is 9.01. The minimum Gasteiger partial charge on any atom is -0.508 e. The molecule has 2 aromatic carbocycles. The largest absolute Gasteiger partial charge is 0.508 e. The first-order chi connectivity index (χ1) is 14.0. The smallest absolute Gasteiger partial charge is 0.328 e. The fraction of sp³-hybridized carbons (Fsp3) is 0.238. The number of phenolic OH excluding ortho intramolecular Hbond substituents is 1. The van der Waals surface area contributed by atoms with Gasteiger partial charge in [-0.2, -0.15) is 0 Å². The summed E-state index contributed by atoms with van der Waals surface area (Å²) in [5.41, 5.74) is 1.07. The molecule has 3 N–H and O–H groups in total. The summed E-state index contributed by atoms with van der Waals surface area (Å²) >= 11 is 0. The van der Waals surface area contributed by atoms with E-state index in [0.29, 0.717) is 16.7 Å². The number of aromatic hydroxyl groups is 1. The molecule has 0 saturated carbocycles. The molecule has 0 aliphatic heterocycles. The Morgan fingerprint density at radius 3 is 2.62 bits per heavy atom. The van der Waals surface area contributed by atoms with Gasteiger partial charge in [-0.15, -0.1) is 0 Å². The SMILES string of the molecule is COC(=O)[C@H](Cc1ccc(O)cc1)NC(=O)CCc1nc2ccccc2c(=O)[nH]1. The van der Waals surface area contributed by atoms with E-state index in [1.807, 2.05) is 0 Å². The zero-order valence-corrected chi connectivity index (χ0v) is 15.8. The number of ether oxygens (including phenoxy) is 1. The molecule has 0 radical (unpaired) electrons. The van der Waals surface area contributed by atoms with E-state index in [2.05, 4.69) is 15.3 Å². The van der Waals surface area contributed by atoms with Crippen molar-refractivity contribution < 1.29 is 19.4 Å². The maximum atomic E-state index is 12.4. The van der Waals surface area contributed by atoms with E-state index in [1.54, 1.807) is 36.4 Å². The molecule has 0 bridgehead atoms. The maximum Gasteiger partial charge on any atom is 0.328 e. The summed E-state index contributed by atoms with van der Waals surface area (Å²) in [6.45, 7) is 0. The molecule has 3 aromatic rings. The Hall–Kier alpha value is -3.68. The number of hydrogen-bond acceptors (Lipinski definition) is 6. The number of nitrogens with zero attached hydrogens (tertiary/aromatic N) is 1. The lowest BCUT2D eigenvalue weighted by Crippen LogP contribution is -2.43. The third-order valence-electron chi connectivity index (χ3n) is 4.45. The standard InChI is InChI=1S/C21H21N3O5/c1-29-21(28)17(12-13-6-8-14(25)9-7-13)23-19(26)11-10-18-22-16-5-3-2-4-15(16)20(27)24-18/h2-9,17,25H,10-12H2,1H3,(H,23,26)(H,22,24,27)/t17-/m0/s1. The zero-order valence-electron chi connectivity index (χ0n) is 15.8. The topological polar surface area (TPSA) is 121 Å². The van der Waals surface area contributed by atoms with Crippen LogP contribution in [0, 0.1) is 0 Å². The normalized spacial score (nSPS) is 11.8. The lowest BCUT2D eigenvalue weighted by atomic mass is 10.1. The van der Waals surface area contributed by atoms with Crippen molar-refractivity contribution >= 4 is 22.8 Å². The summed E-state index contributed by atoms with van der Waals surface area (Å²) in [5, 5.41) is 12.5. The van der Waals surface area contributed by atoms with Gasteiger partial charge in [-0.1, -0.05) is 24.3 Å².